The first-order valence-corrected chi connectivity index (χ1v) is 9.29. The molecule has 150 valence electrons. The molecule has 0 aliphatic rings. The molecule has 0 unspecified atom stereocenters. The van der Waals surface area contributed by atoms with Crippen molar-refractivity contribution in [2.24, 2.45) is 12.8 Å². The van der Waals surface area contributed by atoms with E-state index in [1.54, 1.807) is 17.8 Å². The number of amides is 2. The molecule has 0 bridgehead atoms. The lowest BCUT2D eigenvalue weighted by Crippen LogP contribution is -2.14. The van der Waals surface area contributed by atoms with Crippen molar-refractivity contribution >= 4 is 18.0 Å². The van der Waals surface area contributed by atoms with Gasteiger partial charge >= 0.3 is 0 Å². The SMILES string of the molecule is CC.CC.CCCCC.CCNC.Cn1cc(NC=O)cc1C(N)=O. The summed E-state index contributed by atoms with van der Waals surface area (Å²) in [5, 5.41) is 5.34. The summed E-state index contributed by atoms with van der Waals surface area (Å²) in [4.78, 5) is 20.8. The average molecular weight is 359 g/mol. The van der Waals surface area contributed by atoms with Gasteiger partial charge in [-0.2, -0.15) is 0 Å². The number of hydrogen-bond donors (Lipinski definition) is 3. The predicted molar refractivity (Wildman–Crippen MR) is 111 cm³/mol. The summed E-state index contributed by atoms with van der Waals surface area (Å²) in [5.41, 5.74) is 5.97. The third kappa shape index (κ3) is 22.2. The summed E-state index contributed by atoms with van der Waals surface area (Å²) >= 11 is 0. The van der Waals surface area contributed by atoms with Crippen LogP contribution in [0.1, 0.15) is 78.2 Å². The zero-order valence-corrected chi connectivity index (χ0v) is 17.9. The van der Waals surface area contributed by atoms with Crippen LogP contribution in [-0.2, 0) is 11.8 Å². The normalized spacial score (nSPS) is 7.88. The van der Waals surface area contributed by atoms with Gasteiger partial charge in [-0.05, 0) is 19.7 Å². The minimum Gasteiger partial charge on any atom is -0.364 e. The summed E-state index contributed by atoms with van der Waals surface area (Å²) in [5.74, 6) is -0.517. The fourth-order valence-electron chi connectivity index (χ4n) is 1.31. The van der Waals surface area contributed by atoms with E-state index in [1.807, 2.05) is 34.7 Å². The van der Waals surface area contributed by atoms with Gasteiger partial charge in [-0.3, -0.25) is 9.59 Å². The highest BCUT2D eigenvalue weighted by molar-refractivity contribution is 5.93. The maximum absolute atomic E-state index is 10.7. The van der Waals surface area contributed by atoms with E-state index in [0.717, 1.165) is 6.54 Å². The molecule has 6 heteroatoms. The van der Waals surface area contributed by atoms with Gasteiger partial charge in [0.05, 0.1) is 5.69 Å². The number of rotatable bonds is 6. The van der Waals surface area contributed by atoms with Crippen LogP contribution in [0.2, 0.25) is 0 Å². The van der Waals surface area contributed by atoms with Gasteiger partial charge < -0.3 is 20.9 Å². The summed E-state index contributed by atoms with van der Waals surface area (Å²) in [6, 6.07) is 1.51. The monoisotopic (exact) mass is 358 g/mol. The Labute approximate surface area is 155 Å². The number of carbonyl (C=O) groups excluding carboxylic acids is 2. The van der Waals surface area contributed by atoms with Gasteiger partial charge in [-0.1, -0.05) is 67.7 Å². The van der Waals surface area contributed by atoms with Crippen molar-refractivity contribution in [2.45, 2.75) is 67.7 Å². The van der Waals surface area contributed by atoms with Crippen molar-refractivity contribution in [1.29, 1.82) is 0 Å². The Morgan fingerprint density at radius 3 is 1.80 bits per heavy atom. The molecule has 6 nitrogen and oxygen atoms in total. The summed E-state index contributed by atoms with van der Waals surface area (Å²) < 4.78 is 1.55. The van der Waals surface area contributed by atoms with Crippen LogP contribution in [0, 0.1) is 0 Å². The zero-order chi connectivity index (χ0) is 20.7. The minimum atomic E-state index is -0.517. The van der Waals surface area contributed by atoms with E-state index in [0.29, 0.717) is 17.8 Å². The number of carbonyl (C=O) groups is 2. The van der Waals surface area contributed by atoms with Crippen LogP contribution in [0.4, 0.5) is 5.69 Å². The first-order valence-electron chi connectivity index (χ1n) is 9.29. The Morgan fingerprint density at radius 1 is 1.16 bits per heavy atom. The smallest absolute Gasteiger partial charge is 0.265 e. The molecule has 0 saturated heterocycles. The molecule has 1 aromatic rings. The van der Waals surface area contributed by atoms with Crippen molar-refractivity contribution in [2.75, 3.05) is 18.9 Å². The quantitative estimate of drug-likeness (QED) is 0.667. The first kappa shape index (κ1) is 31.0. The lowest BCUT2D eigenvalue weighted by molar-refractivity contribution is -0.105. The minimum absolute atomic E-state index is 0.361. The molecule has 1 heterocycles. The van der Waals surface area contributed by atoms with Crippen molar-refractivity contribution in [1.82, 2.24) is 9.88 Å². The Morgan fingerprint density at radius 2 is 1.60 bits per heavy atom. The number of aromatic nitrogens is 1. The molecule has 1 aromatic heterocycles. The number of nitrogens with one attached hydrogen (secondary N) is 2. The van der Waals surface area contributed by atoms with Gasteiger partial charge in [-0.15, -0.1) is 0 Å². The second-order valence-corrected chi connectivity index (χ2v) is 4.41. The first-order chi connectivity index (χ1) is 12.0. The van der Waals surface area contributed by atoms with Crippen molar-refractivity contribution in [3.63, 3.8) is 0 Å². The van der Waals surface area contributed by atoms with E-state index >= 15 is 0 Å². The second kappa shape index (κ2) is 27.0. The zero-order valence-electron chi connectivity index (χ0n) is 17.9. The Hall–Kier alpha value is -1.82. The molecule has 0 atom stereocenters. The third-order valence-electron chi connectivity index (χ3n) is 2.54. The van der Waals surface area contributed by atoms with Crippen molar-refractivity contribution in [3.05, 3.63) is 18.0 Å². The fraction of sp³-hybridized carbons (Fsp3) is 0.684. The van der Waals surface area contributed by atoms with E-state index in [-0.39, 0.29) is 0 Å². The third-order valence-corrected chi connectivity index (χ3v) is 2.54. The number of nitrogens with zero attached hydrogens (tertiary/aromatic N) is 1. The summed E-state index contributed by atoms with van der Waals surface area (Å²) in [6.07, 6.45) is 6.22. The van der Waals surface area contributed by atoms with Crippen LogP contribution in [0.5, 0.6) is 0 Å². The lowest BCUT2D eigenvalue weighted by atomic mass is 10.3. The maximum atomic E-state index is 10.7. The van der Waals surface area contributed by atoms with Gasteiger partial charge in [0.25, 0.3) is 5.91 Å². The highest BCUT2D eigenvalue weighted by atomic mass is 16.1. The van der Waals surface area contributed by atoms with Crippen LogP contribution in [0.25, 0.3) is 0 Å². The predicted octanol–water partition coefficient (Wildman–Crippen LogP) is 4.17. The van der Waals surface area contributed by atoms with E-state index in [4.69, 9.17) is 5.73 Å². The maximum Gasteiger partial charge on any atom is 0.265 e. The number of unbranched alkanes of at least 4 members (excludes halogenated alkanes) is 2. The molecule has 25 heavy (non-hydrogen) atoms. The van der Waals surface area contributed by atoms with Gasteiger partial charge in [0.15, 0.2) is 0 Å². The van der Waals surface area contributed by atoms with E-state index in [9.17, 15) is 9.59 Å². The number of primary amides is 1. The summed E-state index contributed by atoms with van der Waals surface area (Å²) in [6.45, 7) is 15.6. The van der Waals surface area contributed by atoms with Crippen LogP contribution < -0.4 is 16.4 Å². The number of anilines is 1. The highest BCUT2D eigenvalue weighted by Gasteiger charge is 2.06. The Balaban J connectivity index is -0.000000142. The molecular weight excluding hydrogens is 316 g/mol. The van der Waals surface area contributed by atoms with Crippen molar-refractivity contribution < 1.29 is 9.59 Å². The Kier molecular flexibility index (Phi) is 33.5. The largest absolute Gasteiger partial charge is 0.364 e. The topological polar surface area (TPSA) is 89.2 Å². The molecule has 4 N–H and O–H groups in total. The molecule has 0 aliphatic heterocycles. The standard InChI is InChI=1S/C7H9N3O2.C5H12.C3H9N.2C2H6/c1-10-3-5(9-4-11)2-6(10)7(8)12;1-3-5-4-2;1-3-4-2;2*1-2/h2-4H,1H3,(H2,8,12)(H,9,11);3-5H2,1-2H3;4H,3H2,1-2H3;2*1-2H3. The lowest BCUT2D eigenvalue weighted by Gasteiger charge is -1.93. The summed E-state index contributed by atoms with van der Waals surface area (Å²) in [7, 11) is 3.61. The molecule has 0 spiro atoms. The molecule has 0 fully saturated rings. The second-order valence-electron chi connectivity index (χ2n) is 4.41. The molecule has 1 rings (SSSR count). The van der Waals surface area contributed by atoms with Gasteiger partial charge in [0.1, 0.15) is 5.69 Å². The van der Waals surface area contributed by atoms with Gasteiger partial charge in [-0.25, -0.2) is 0 Å². The number of hydrogen-bond acceptors (Lipinski definition) is 3. The van der Waals surface area contributed by atoms with E-state index < -0.39 is 5.91 Å². The number of aryl methyl sites for hydroxylation is 1. The van der Waals surface area contributed by atoms with Crippen molar-refractivity contribution in [3.8, 4) is 0 Å². The highest BCUT2D eigenvalue weighted by Crippen LogP contribution is 2.10. The van der Waals surface area contributed by atoms with Gasteiger partial charge in [0.2, 0.25) is 6.41 Å². The van der Waals surface area contributed by atoms with E-state index in [2.05, 4.69) is 31.4 Å². The van der Waals surface area contributed by atoms with Crippen LogP contribution in [0.3, 0.4) is 0 Å². The number of nitrogens with two attached hydrogens (primary N) is 1. The molecular formula is C19H42N4O2. The molecule has 0 radical (unpaired) electrons. The van der Waals surface area contributed by atoms with Crippen LogP contribution in [-0.4, -0.2) is 30.5 Å². The van der Waals surface area contributed by atoms with E-state index in [1.165, 1.54) is 25.3 Å². The molecule has 0 aromatic carbocycles. The van der Waals surface area contributed by atoms with Crippen LogP contribution in [0.15, 0.2) is 12.3 Å². The Bertz CT molecular complexity index is 387. The fourth-order valence-corrected chi connectivity index (χ4v) is 1.31. The molecule has 0 saturated carbocycles. The molecule has 2 amide bonds. The molecule has 0 aliphatic carbocycles. The van der Waals surface area contributed by atoms with Gasteiger partial charge in [0, 0.05) is 13.2 Å². The van der Waals surface area contributed by atoms with Crippen LogP contribution >= 0.6 is 0 Å². The average Bonchev–Trinajstić information content (AvgIpc) is 3.01.